The minimum atomic E-state index is -1.70. The first-order valence-electron chi connectivity index (χ1n) is 8.83. The van der Waals surface area contributed by atoms with Gasteiger partial charge in [0.15, 0.2) is 10.5 Å². The highest BCUT2D eigenvalue weighted by molar-refractivity contribution is 7.71. The van der Waals surface area contributed by atoms with Crippen LogP contribution in [0.3, 0.4) is 0 Å². The fourth-order valence-corrected chi connectivity index (χ4v) is 4.01. The number of nitriles is 1. The van der Waals surface area contributed by atoms with Crippen LogP contribution in [0.15, 0.2) is 59.4 Å². The molecule has 0 radical (unpaired) electrons. The molecule has 7 heteroatoms. The Kier molecular flexibility index (Phi) is 4.38. The number of aromatic amines is 2. The molecule has 140 valence electrons. The minimum absolute atomic E-state index is 0.143. The summed E-state index contributed by atoms with van der Waals surface area (Å²) in [6.07, 6.45) is 0. The molecule has 0 bridgehead atoms. The lowest BCUT2D eigenvalue weighted by Crippen LogP contribution is -2.50. The Bertz CT molecular complexity index is 1180. The van der Waals surface area contributed by atoms with E-state index < -0.39 is 17.6 Å². The van der Waals surface area contributed by atoms with Crippen molar-refractivity contribution in [2.45, 2.75) is 18.6 Å². The molecule has 0 aliphatic carbocycles. The number of rotatable bonds is 2. The Morgan fingerprint density at radius 2 is 1.79 bits per heavy atom. The zero-order chi connectivity index (χ0) is 19.9. The Hall–Kier alpha value is -3.21. The van der Waals surface area contributed by atoms with Crippen molar-refractivity contribution >= 4 is 18.0 Å². The Morgan fingerprint density at radius 3 is 2.43 bits per heavy atom. The summed E-state index contributed by atoms with van der Waals surface area (Å²) in [4.78, 5) is 18.3. The van der Waals surface area contributed by atoms with Crippen molar-refractivity contribution in [3.8, 4) is 6.07 Å². The van der Waals surface area contributed by atoms with Crippen LogP contribution in [0, 0.1) is 28.9 Å². The molecule has 4 N–H and O–H groups in total. The summed E-state index contributed by atoms with van der Waals surface area (Å²) in [7, 11) is 0. The molecule has 3 atom stereocenters. The van der Waals surface area contributed by atoms with Crippen LogP contribution in [-0.4, -0.2) is 15.1 Å². The summed E-state index contributed by atoms with van der Waals surface area (Å²) in [5, 5.41) is 24.6. The van der Waals surface area contributed by atoms with E-state index in [-0.39, 0.29) is 10.3 Å². The molecule has 0 amide bonds. The smallest absolute Gasteiger partial charge is 0.257 e. The standard InChI is InChI=1S/C21H18N4O2S/c1-12-7-9-13(10-8-12)16-15(11-22)21(27,14-5-3-2-4-6-14)25-18-17(16)19(26)24-20(28)23-18/h2-10,15-16,27H,1H3,(H3,23,24,25,26,28). The Labute approximate surface area is 166 Å². The van der Waals surface area contributed by atoms with Gasteiger partial charge in [0, 0.05) is 11.5 Å². The fraction of sp³-hybridized carbons (Fsp3) is 0.190. The number of aliphatic hydroxyl groups is 1. The van der Waals surface area contributed by atoms with Gasteiger partial charge in [-0.3, -0.25) is 9.78 Å². The van der Waals surface area contributed by atoms with Gasteiger partial charge in [0.2, 0.25) is 0 Å². The predicted octanol–water partition coefficient (Wildman–Crippen LogP) is 3.28. The highest BCUT2D eigenvalue weighted by atomic mass is 32.1. The number of benzene rings is 2. The van der Waals surface area contributed by atoms with E-state index in [1.165, 1.54) is 0 Å². The van der Waals surface area contributed by atoms with Gasteiger partial charge in [0.05, 0.1) is 11.6 Å². The van der Waals surface area contributed by atoms with Gasteiger partial charge in [-0.25, -0.2) is 0 Å². The van der Waals surface area contributed by atoms with Gasteiger partial charge < -0.3 is 15.4 Å². The van der Waals surface area contributed by atoms with Crippen molar-refractivity contribution in [1.29, 1.82) is 5.26 Å². The molecular formula is C21H18N4O2S. The molecule has 0 spiro atoms. The first kappa shape index (κ1) is 18.2. The zero-order valence-corrected chi connectivity index (χ0v) is 15.9. The van der Waals surface area contributed by atoms with Gasteiger partial charge >= 0.3 is 0 Å². The maximum Gasteiger partial charge on any atom is 0.257 e. The monoisotopic (exact) mass is 390 g/mol. The van der Waals surface area contributed by atoms with Gasteiger partial charge in [-0.15, -0.1) is 0 Å². The van der Waals surface area contributed by atoms with E-state index in [4.69, 9.17) is 12.2 Å². The molecule has 2 heterocycles. The van der Waals surface area contributed by atoms with E-state index in [2.05, 4.69) is 21.4 Å². The number of aromatic nitrogens is 2. The van der Waals surface area contributed by atoms with Crippen LogP contribution in [0.4, 0.5) is 5.82 Å². The van der Waals surface area contributed by atoms with Crippen LogP contribution >= 0.6 is 12.2 Å². The summed E-state index contributed by atoms with van der Waals surface area (Å²) in [6.45, 7) is 1.96. The quantitative estimate of drug-likeness (QED) is 0.503. The first-order chi connectivity index (χ1) is 13.4. The first-order valence-corrected chi connectivity index (χ1v) is 9.23. The van der Waals surface area contributed by atoms with Crippen LogP contribution in [-0.2, 0) is 5.72 Å². The number of fused-ring (bicyclic) bond motifs is 1. The fourth-order valence-electron chi connectivity index (χ4n) is 3.81. The molecule has 0 saturated heterocycles. The summed E-state index contributed by atoms with van der Waals surface area (Å²) >= 11 is 5.11. The lowest BCUT2D eigenvalue weighted by molar-refractivity contribution is 0.0143. The molecule has 1 aromatic heterocycles. The highest BCUT2D eigenvalue weighted by Crippen LogP contribution is 2.47. The average Bonchev–Trinajstić information content (AvgIpc) is 2.68. The number of hydrogen-bond donors (Lipinski definition) is 4. The average molecular weight is 390 g/mol. The van der Waals surface area contributed by atoms with Gasteiger partial charge in [-0.05, 0) is 24.7 Å². The number of nitrogens with one attached hydrogen (secondary N) is 3. The molecule has 0 saturated carbocycles. The van der Waals surface area contributed by atoms with E-state index in [1.54, 1.807) is 24.3 Å². The number of nitrogens with zero attached hydrogens (tertiary/aromatic N) is 1. The number of anilines is 1. The molecule has 0 fully saturated rings. The minimum Gasteiger partial charge on any atom is -0.366 e. The summed E-state index contributed by atoms with van der Waals surface area (Å²) < 4.78 is 0.143. The maximum atomic E-state index is 12.8. The Balaban J connectivity index is 2.02. The van der Waals surface area contributed by atoms with E-state index in [0.717, 1.165) is 11.1 Å². The van der Waals surface area contributed by atoms with E-state index >= 15 is 0 Å². The van der Waals surface area contributed by atoms with E-state index in [1.807, 2.05) is 37.3 Å². The van der Waals surface area contributed by atoms with Gasteiger partial charge in [-0.1, -0.05) is 60.2 Å². The van der Waals surface area contributed by atoms with Crippen molar-refractivity contribution in [1.82, 2.24) is 9.97 Å². The maximum absolute atomic E-state index is 12.8. The molecule has 4 rings (SSSR count). The normalized spacial score (nSPS) is 23.3. The van der Waals surface area contributed by atoms with Crippen LogP contribution in [0.2, 0.25) is 0 Å². The third kappa shape index (κ3) is 2.83. The molecule has 2 aromatic carbocycles. The van der Waals surface area contributed by atoms with Crippen molar-refractivity contribution in [3.63, 3.8) is 0 Å². The molecule has 28 heavy (non-hydrogen) atoms. The van der Waals surface area contributed by atoms with Crippen molar-refractivity contribution in [2.75, 3.05) is 5.32 Å². The largest absolute Gasteiger partial charge is 0.366 e. The second-order valence-corrected chi connectivity index (χ2v) is 7.36. The molecule has 3 aromatic rings. The number of hydrogen-bond acceptors (Lipinski definition) is 5. The summed E-state index contributed by atoms with van der Waals surface area (Å²) in [5.74, 6) is -1.28. The summed E-state index contributed by atoms with van der Waals surface area (Å²) in [5.41, 5.74) is 0.627. The molecule has 6 nitrogen and oxygen atoms in total. The van der Waals surface area contributed by atoms with Gasteiger partial charge in [-0.2, -0.15) is 5.26 Å². The van der Waals surface area contributed by atoms with Gasteiger partial charge in [0.1, 0.15) is 11.7 Å². The third-order valence-electron chi connectivity index (χ3n) is 5.18. The number of aryl methyl sites for hydroxylation is 1. The van der Waals surface area contributed by atoms with Gasteiger partial charge in [0.25, 0.3) is 5.56 Å². The van der Waals surface area contributed by atoms with Crippen molar-refractivity contribution in [3.05, 3.63) is 92.0 Å². The predicted molar refractivity (Wildman–Crippen MR) is 108 cm³/mol. The molecule has 1 aliphatic heterocycles. The van der Waals surface area contributed by atoms with E-state index in [0.29, 0.717) is 16.9 Å². The second-order valence-electron chi connectivity index (χ2n) is 6.95. The summed E-state index contributed by atoms with van der Waals surface area (Å²) in [6, 6.07) is 18.8. The van der Waals surface area contributed by atoms with Crippen LogP contribution < -0.4 is 10.9 Å². The number of H-pyrrole nitrogens is 2. The second kappa shape index (κ2) is 6.75. The zero-order valence-electron chi connectivity index (χ0n) is 15.1. The topological polar surface area (TPSA) is 105 Å². The van der Waals surface area contributed by atoms with Crippen LogP contribution in [0.5, 0.6) is 0 Å². The molecular weight excluding hydrogens is 372 g/mol. The highest BCUT2D eigenvalue weighted by Gasteiger charge is 2.50. The lowest BCUT2D eigenvalue weighted by atomic mass is 9.71. The Morgan fingerprint density at radius 1 is 1.11 bits per heavy atom. The third-order valence-corrected chi connectivity index (χ3v) is 5.38. The van der Waals surface area contributed by atoms with Crippen LogP contribution in [0.25, 0.3) is 0 Å². The van der Waals surface area contributed by atoms with Crippen molar-refractivity contribution in [2.24, 2.45) is 5.92 Å². The van der Waals surface area contributed by atoms with Crippen molar-refractivity contribution < 1.29 is 5.11 Å². The van der Waals surface area contributed by atoms with Crippen LogP contribution in [0.1, 0.15) is 28.2 Å². The molecule has 1 aliphatic rings. The lowest BCUT2D eigenvalue weighted by Gasteiger charge is -2.43. The molecule has 3 unspecified atom stereocenters. The van der Waals surface area contributed by atoms with E-state index in [9.17, 15) is 15.2 Å². The SMILES string of the molecule is Cc1ccc(C2c3c([nH]c(=S)[nH]c3=O)NC(O)(c3ccccc3)C2C#N)cc1.